The number of aryl methyl sites for hydroxylation is 1. The van der Waals surface area contributed by atoms with Gasteiger partial charge in [-0.05, 0) is 54.8 Å². The van der Waals surface area contributed by atoms with E-state index in [-0.39, 0.29) is 5.56 Å². The summed E-state index contributed by atoms with van der Waals surface area (Å²) in [5.74, 6) is 1.39. The van der Waals surface area contributed by atoms with Crippen LogP contribution < -0.4 is 15.8 Å². The van der Waals surface area contributed by atoms with E-state index in [2.05, 4.69) is 30.2 Å². The molecule has 1 aromatic carbocycles. The molecule has 0 amide bonds. The third-order valence-electron chi connectivity index (χ3n) is 5.40. The van der Waals surface area contributed by atoms with Gasteiger partial charge in [0.15, 0.2) is 0 Å². The van der Waals surface area contributed by atoms with Crippen molar-refractivity contribution in [2.45, 2.75) is 26.3 Å². The lowest BCUT2D eigenvalue weighted by molar-refractivity contribution is 0.735. The van der Waals surface area contributed by atoms with Crippen molar-refractivity contribution in [2.75, 3.05) is 23.3 Å². The van der Waals surface area contributed by atoms with E-state index in [1.807, 2.05) is 61.5 Å². The number of aromatic nitrogens is 4. The number of pyridine rings is 2. The van der Waals surface area contributed by atoms with Gasteiger partial charge in [0, 0.05) is 60.9 Å². The third kappa shape index (κ3) is 6.65. The Hall–Kier alpha value is -3.71. The third-order valence-corrected chi connectivity index (χ3v) is 5.65. The highest BCUT2D eigenvalue weighted by Crippen LogP contribution is 2.16. The first-order valence-corrected chi connectivity index (χ1v) is 11.6. The van der Waals surface area contributed by atoms with Crippen LogP contribution in [0.5, 0.6) is 0 Å². The van der Waals surface area contributed by atoms with Gasteiger partial charge in [0.1, 0.15) is 5.82 Å². The average molecular weight is 475 g/mol. The fourth-order valence-corrected chi connectivity index (χ4v) is 3.69. The topological polar surface area (TPSA) is 86.8 Å². The van der Waals surface area contributed by atoms with E-state index in [1.165, 1.54) is 0 Å². The minimum atomic E-state index is -0.143. The molecule has 2 N–H and O–H groups in total. The smallest absolute Gasteiger partial charge is 0.255 e. The van der Waals surface area contributed by atoms with E-state index < -0.39 is 0 Å². The Bertz CT molecular complexity index is 1240. The van der Waals surface area contributed by atoms with Gasteiger partial charge in [0.05, 0.1) is 0 Å². The van der Waals surface area contributed by atoms with Gasteiger partial charge in [0.25, 0.3) is 5.56 Å². The van der Waals surface area contributed by atoms with Crippen LogP contribution in [-0.4, -0.2) is 33.0 Å². The van der Waals surface area contributed by atoms with Crippen LogP contribution in [0.3, 0.4) is 0 Å². The van der Waals surface area contributed by atoms with E-state index in [9.17, 15) is 4.79 Å². The Morgan fingerprint density at radius 2 is 1.79 bits per heavy atom. The number of nitrogens with zero attached hydrogens (tertiary/aromatic N) is 4. The van der Waals surface area contributed by atoms with Crippen molar-refractivity contribution in [3.8, 4) is 0 Å². The highest BCUT2D eigenvalue weighted by Gasteiger charge is 2.09. The molecular weight excluding hydrogens is 448 g/mol. The van der Waals surface area contributed by atoms with Crippen molar-refractivity contribution in [2.24, 2.45) is 0 Å². The summed E-state index contributed by atoms with van der Waals surface area (Å²) >= 11 is 6.02. The van der Waals surface area contributed by atoms with Gasteiger partial charge in [-0.2, -0.15) is 0 Å². The molecule has 0 spiro atoms. The van der Waals surface area contributed by atoms with Gasteiger partial charge < -0.3 is 10.2 Å². The lowest BCUT2D eigenvalue weighted by Crippen LogP contribution is -2.26. The van der Waals surface area contributed by atoms with Gasteiger partial charge in [-0.1, -0.05) is 35.9 Å². The average Bonchev–Trinajstić information content (AvgIpc) is 2.86. The minimum Gasteiger partial charge on any atom is -0.356 e. The fraction of sp³-hybridized carbons (Fsp3) is 0.231. The molecule has 0 aliphatic heterocycles. The highest BCUT2D eigenvalue weighted by atomic mass is 35.5. The van der Waals surface area contributed by atoms with E-state index in [1.54, 1.807) is 18.6 Å². The Kier molecular flexibility index (Phi) is 7.88. The molecule has 0 saturated heterocycles. The predicted octanol–water partition coefficient (Wildman–Crippen LogP) is 4.62. The van der Waals surface area contributed by atoms with Crippen molar-refractivity contribution in [1.82, 2.24) is 19.9 Å². The molecule has 8 heteroatoms. The molecule has 0 saturated carbocycles. The molecule has 3 heterocycles. The largest absolute Gasteiger partial charge is 0.356 e. The summed E-state index contributed by atoms with van der Waals surface area (Å²) in [6, 6.07) is 17.7. The van der Waals surface area contributed by atoms with E-state index in [0.29, 0.717) is 24.5 Å². The van der Waals surface area contributed by atoms with Gasteiger partial charge in [-0.25, -0.2) is 9.97 Å². The maximum Gasteiger partial charge on any atom is 0.255 e. The van der Waals surface area contributed by atoms with Crippen molar-refractivity contribution in [3.63, 3.8) is 0 Å². The lowest BCUT2D eigenvalue weighted by atomic mass is 10.1. The molecule has 4 rings (SSSR count). The molecule has 0 unspecified atom stereocenters. The van der Waals surface area contributed by atoms with Crippen molar-refractivity contribution >= 4 is 23.4 Å². The van der Waals surface area contributed by atoms with E-state index >= 15 is 0 Å². The second-order valence-electron chi connectivity index (χ2n) is 8.09. The Balaban J connectivity index is 1.33. The first-order chi connectivity index (χ1) is 16.6. The van der Waals surface area contributed by atoms with Crippen LogP contribution in [0.25, 0.3) is 0 Å². The van der Waals surface area contributed by atoms with Crippen molar-refractivity contribution in [3.05, 3.63) is 111 Å². The van der Waals surface area contributed by atoms with Crippen LogP contribution in [0.4, 0.5) is 11.8 Å². The molecule has 0 atom stereocenters. The molecule has 0 aliphatic carbocycles. The number of halogens is 1. The summed E-state index contributed by atoms with van der Waals surface area (Å²) in [7, 11) is 0. The molecule has 0 fully saturated rings. The number of benzene rings is 1. The normalized spacial score (nSPS) is 10.8. The zero-order valence-corrected chi connectivity index (χ0v) is 19.8. The van der Waals surface area contributed by atoms with Gasteiger partial charge in [-0.3, -0.25) is 14.8 Å². The van der Waals surface area contributed by atoms with E-state index in [0.717, 1.165) is 47.2 Å². The maximum absolute atomic E-state index is 12.5. The number of aromatic amines is 1. The summed E-state index contributed by atoms with van der Waals surface area (Å²) in [5.41, 5.74) is 3.56. The van der Waals surface area contributed by atoms with Crippen molar-refractivity contribution < 1.29 is 0 Å². The van der Waals surface area contributed by atoms with Crippen LogP contribution in [0.2, 0.25) is 5.02 Å². The number of hydrogen-bond donors (Lipinski definition) is 2. The second-order valence-corrected chi connectivity index (χ2v) is 8.52. The SMILES string of the molecule is Cc1ccc(Cc2cnc(NCCCN(Cc3ccc(Cl)cc3)c3ccccn3)[nH]c2=O)cn1. The second kappa shape index (κ2) is 11.4. The molecule has 174 valence electrons. The predicted molar refractivity (Wildman–Crippen MR) is 136 cm³/mol. The fourth-order valence-electron chi connectivity index (χ4n) is 3.56. The Labute approximate surface area is 203 Å². The summed E-state index contributed by atoms with van der Waals surface area (Å²) in [6.45, 7) is 4.11. The molecule has 0 radical (unpaired) electrons. The van der Waals surface area contributed by atoms with Crippen LogP contribution in [0, 0.1) is 6.92 Å². The van der Waals surface area contributed by atoms with Gasteiger partial charge in [0.2, 0.25) is 5.95 Å². The number of H-pyrrole nitrogens is 1. The standard InChI is InChI=1S/C26H27ClN6O/c1-19-6-7-21(16-30-19)15-22-17-31-26(32-25(22)34)29-13-4-14-33(24-5-2-3-12-28-24)18-20-8-10-23(27)11-9-20/h2-3,5-12,16-17H,4,13-15,18H2,1H3,(H2,29,31,32,34). The number of nitrogens with one attached hydrogen (secondary N) is 2. The monoisotopic (exact) mass is 474 g/mol. The summed E-state index contributed by atoms with van der Waals surface area (Å²) in [4.78, 5) is 30.7. The Morgan fingerprint density at radius 3 is 2.50 bits per heavy atom. The maximum atomic E-state index is 12.5. The zero-order valence-electron chi connectivity index (χ0n) is 19.0. The summed E-state index contributed by atoms with van der Waals surface area (Å²) in [5, 5.41) is 3.94. The highest BCUT2D eigenvalue weighted by molar-refractivity contribution is 6.30. The molecule has 0 bridgehead atoms. The molecule has 0 aliphatic rings. The molecular formula is C26H27ClN6O. The molecule has 7 nitrogen and oxygen atoms in total. The first-order valence-electron chi connectivity index (χ1n) is 11.2. The van der Waals surface area contributed by atoms with Gasteiger partial charge in [-0.15, -0.1) is 0 Å². The molecule has 4 aromatic rings. The molecule has 3 aromatic heterocycles. The van der Waals surface area contributed by atoms with Crippen LogP contribution >= 0.6 is 11.6 Å². The summed E-state index contributed by atoms with van der Waals surface area (Å²) in [6.07, 6.45) is 6.55. The van der Waals surface area contributed by atoms with Gasteiger partial charge >= 0.3 is 0 Å². The summed E-state index contributed by atoms with van der Waals surface area (Å²) < 4.78 is 0. The van der Waals surface area contributed by atoms with Crippen LogP contribution in [-0.2, 0) is 13.0 Å². The van der Waals surface area contributed by atoms with Crippen LogP contribution in [0.1, 0.15) is 28.8 Å². The van der Waals surface area contributed by atoms with Crippen LogP contribution in [0.15, 0.2) is 78.0 Å². The van der Waals surface area contributed by atoms with E-state index in [4.69, 9.17) is 11.6 Å². The Morgan fingerprint density at radius 1 is 0.971 bits per heavy atom. The lowest BCUT2D eigenvalue weighted by Gasteiger charge is -2.24. The quantitative estimate of drug-likeness (QED) is 0.326. The first kappa shape index (κ1) is 23.4. The zero-order chi connectivity index (χ0) is 23.8. The number of anilines is 2. The minimum absolute atomic E-state index is 0.143. The van der Waals surface area contributed by atoms with Crippen molar-refractivity contribution in [1.29, 1.82) is 0 Å². The molecule has 34 heavy (non-hydrogen) atoms. The number of hydrogen-bond acceptors (Lipinski definition) is 6. The number of rotatable bonds is 10.